The molecule has 6 heteroatoms. The van der Waals surface area contributed by atoms with Crippen molar-refractivity contribution in [3.8, 4) is 0 Å². The molecule has 1 heterocycles. The van der Waals surface area contributed by atoms with Crippen molar-refractivity contribution >= 4 is 34.7 Å². The number of nitrogens with two attached hydrogens (primary N) is 1. The van der Waals surface area contributed by atoms with Gasteiger partial charge >= 0.3 is 0 Å². The monoisotopic (exact) mass is 218 g/mol. The van der Waals surface area contributed by atoms with E-state index in [1.807, 2.05) is 0 Å². The van der Waals surface area contributed by atoms with Gasteiger partial charge in [0.25, 0.3) is 5.91 Å². The van der Waals surface area contributed by atoms with Crippen molar-refractivity contribution in [3.05, 3.63) is 23.1 Å². The summed E-state index contributed by atoms with van der Waals surface area (Å²) >= 11 is 10.1. The molecule has 0 fully saturated rings. The quantitative estimate of drug-likeness (QED) is 0.742. The zero-order chi connectivity index (χ0) is 9.84. The minimum Gasteiger partial charge on any atom is -0.452 e. The van der Waals surface area contributed by atoms with E-state index in [4.69, 9.17) is 21.8 Å². The number of halogens is 1. The lowest BCUT2D eigenvalue weighted by molar-refractivity contribution is 0.0959. The van der Waals surface area contributed by atoms with E-state index in [1.54, 1.807) is 0 Å². The average Bonchev–Trinajstić information content (AvgIpc) is 2.47. The van der Waals surface area contributed by atoms with E-state index in [0.717, 1.165) is 0 Å². The Hall–Kier alpha value is -1.07. The van der Waals surface area contributed by atoms with Crippen LogP contribution in [0.5, 0.6) is 0 Å². The van der Waals surface area contributed by atoms with Crippen LogP contribution in [0.3, 0.4) is 0 Å². The van der Waals surface area contributed by atoms with Gasteiger partial charge in [-0.05, 0) is 17.7 Å². The first-order chi connectivity index (χ1) is 6.11. The number of nitrogens with one attached hydrogen (secondary N) is 1. The van der Waals surface area contributed by atoms with Crippen molar-refractivity contribution in [1.82, 2.24) is 5.32 Å². The van der Waals surface area contributed by atoms with E-state index in [9.17, 15) is 4.79 Å². The van der Waals surface area contributed by atoms with Crippen LogP contribution in [0.1, 0.15) is 10.4 Å². The van der Waals surface area contributed by atoms with Gasteiger partial charge in [0.2, 0.25) is 5.22 Å². The Morgan fingerprint density at radius 1 is 1.77 bits per heavy atom. The van der Waals surface area contributed by atoms with Gasteiger partial charge in [0, 0.05) is 0 Å². The smallest absolute Gasteiger partial charge is 0.256 e. The summed E-state index contributed by atoms with van der Waals surface area (Å²) in [6.07, 6.45) is 1.33. The van der Waals surface area contributed by atoms with E-state index in [2.05, 4.69) is 17.5 Å². The van der Waals surface area contributed by atoms with Crippen LogP contribution in [-0.2, 0) is 0 Å². The molecule has 3 N–H and O–H groups in total. The van der Waals surface area contributed by atoms with Gasteiger partial charge < -0.3 is 15.5 Å². The third kappa shape index (κ3) is 2.71. The molecule has 0 radical (unpaired) electrons. The van der Waals surface area contributed by atoms with Gasteiger partial charge in [0.15, 0.2) is 0 Å². The Balaban J connectivity index is 2.59. The molecule has 70 valence electrons. The lowest BCUT2D eigenvalue weighted by Gasteiger charge is -2.00. The number of furan rings is 1. The lowest BCUT2D eigenvalue weighted by atomic mass is 10.3. The van der Waals surface area contributed by atoms with Gasteiger partial charge in [-0.1, -0.05) is 12.2 Å². The summed E-state index contributed by atoms with van der Waals surface area (Å²) in [5.74, 6) is -0.355. The zero-order valence-corrected chi connectivity index (χ0v) is 8.11. The number of carbonyl (C=O) groups excluding carboxylic acids is 1. The largest absolute Gasteiger partial charge is 0.452 e. The third-order valence-corrected chi connectivity index (χ3v) is 1.72. The number of hydrogen-bond donors (Lipinski definition) is 2. The molecule has 0 bridgehead atoms. The average molecular weight is 219 g/mol. The fraction of sp³-hybridized carbons (Fsp3) is 0.143. The van der Waals surface area contributed by atoms with E-state index in [1.165, 1.54) is 12.3 Å². The topological polar surface area (TPSA) is 68.3 Å². The highest BCUT2D eigenvalue weighted by molar-refractivity contribution is 7.80. The Morgan fingerprint density at radius 3 is 2.92 bits per heavy atom. The van der Waals surface area contributed by atoms with Crippen LogP contribution < -0.4 is 11.1 Å². The Labute approximate surface area is 85.0 Å². The Kier molecular flexibility index (Phi) is 3.27. The lowest BCUT2D eigenvalue weighted by Crippen LogP contribution is -2.32. The number of thiocarbonyl (C=S) groups is 1. The summed E-state index contributed by atoms with van der Waals surface area (Å²) in [5.41, 5.74) is 5.47. The molecule has 0 atom stereocenters. The molecule has 0 aliphatic heterocycles. The first-order valence-electron chi connectivity index (χ1n) is 3.40. The summed E-state index contributed by atoms with van der Waals surface area (Å²) in [6, 6.07) is 1.47. The summed E-state index contributed by atoms with van der Waals surface area (Å²) in [4.78, 5) is 11.5. The predicted molar refractivity (Wildman–Crippen MR) is 52.8 cm³/mol. The van der Waals surface area contributed by atoms with Crippen LogP contribution in [0.15, 0.2) is 16.7 Å². The summed E-state index contributed by atoms with van der Waals surface area (Å²) < 4.78 is 4.73. The van der Waals surface area contributed by atoms with Crippen LogP contribution in [0.2, 0.25) is 5.22 Å². The standard InChI is InChI=1S/C7H7ClN2O2S/c8-6-4(1-2-12-6)7(11)10-3-5(9)13/h1-2H,3H2,(H2,9,13)(H,10,11). The van der Waals surface area contributed by atoms with Crippen LogP contribution in [0.4, 0.5) is 0 Å². The molecule has 0 unspecified atom stereocenters. The van der Waals surface area contributed by atoms with E-state index >= 15 is 0 Å². The summed E-state index contributed by atoms with van der Waals surface area (Å²) in [5, 5.41) is 2.53. The molecule has 13 heavy (non-hydrogen) atoms. The molecular weight excluding hydrogens is 212 g/mol. The van der Waals surface area contributed by atoms with Gasteiger partial charge in [-0.3, -0.25) is 4.79 Å². The first kappa shape index (κ1) is 10.0. The summed E-state index contributed by atoms with van der Waals surface area (Å²) in [6.45, 7) is 0.148. The minimum atomic E-state index is -0.355. The van der Waals surface area contributed by atoms with Crippen molar-refractivity contribution in [1.29, 1.82) is 0 Å². The fourth-order valence-corrected chi connectivity index (χ4v) is 0.991. The molecule has 0 spiro atoms. The first-order valence-corrected chi connectivity index (χ1v) is 4.19. The molecule has 0 aromatic carbocycles. The van der Waals surface area contributed by atoms with Crippen molar-refractivity contribution in [2.24, 2.45) is 5.73 Å². The fourth-order valence-electron chi connectivity index (χ4n) is 0.718. The highest BCUT2D eigenvalue weighted by atomic mass is 35.5. The molecule has 4 nitrogen and oxygen atoms in total. The third-order valence-electron chi connectivity index (χ3n) is 1.29. The van der Waals surface area contributed by atoms with Gasteiger partial charge in [-0.15, -0.1) is 0 Å². The second-order valence-corrected chi connectivity index (χ2v) is 3.12. The maximum absolute atomic E-state index is 11.3. The number of hydrogen-bond acceptors (Lipinski definition) is 3. The molecule has 0 aliphatic rings. The molecule has 0 saturated heterocycles. The Bertz CT molecular complexity index is 337. The molecule has 1 rings (SSSR count). The van der Waals surface area contributed by atoms with Crippen LogP contribution >= 0.6 is 23.8 Å². The maximum Gasteiger partial charge on any atom is 0.256 e. The van der Waals surface area contributed by atoms with E-state index < -0.39 is 0 Å². The van der Waals surface area contributed by atoms with Crippen molar-refractivity contribution in [2.75, 3.05) is 6.54 Å². The SMILES string of the molecule is NC(=S)CNC(=O)c1ccoc1Cl. The van der Waals surface area contributed by atoms with Crippen LogP contribution in [0, 0.1) is 0 Å². The van der Waals surface area contributed by atoms with E-state index in [0.29, 0.717) is 0 Å². The Morgan fingerprint density at radius 2 is 2.46 bits per heavy atom. The molecule has 1 amide bonds. The maximum atomic E-state index is 11.3. The number of rotatable bonds is 3. The number of amides is 1. The molecule has 0 aliphatic carbocycles. The zero-order valence-electron chi connectivity index (χ0n) is 6.54. The van der Waals surface area contributed by atoms with Gasteiger partial charge in [0.05, 0.1) is 23.4 Å². The second kappa shape index (κ2) is 4.25. The normalized spacial score (nSPS) is 9.62. The summed E-state index contributed by atoms with van der Waals surface area (Å²) in [7, 11) is 0. The van der Waals surface area contributed by atoms with Crippen molar-refractivity contribution in [3.63, 3.8) is 0 Å². The van der Waals surface area contributed by atoms with Crippen molar-refractivity contribution < 1.29 is 9.21 Å². The molecule has 0 saturated carbocycles. The van der Waals surface area contributed by atoms with Crippen LogP contribution in [0.25, 0.3) is 0 Å². The van der Waals surface area contributed by atoms with Gasteiger partial charge in [-0.25, -0.2) is 0 Å². The highest BCUT2D eigenvalue weighted by Gasteiger charge is 2.11. The second-order valence-electron chi connectivity index (χ2n) is 2.26. The minimum absolute atomic E-state index is 0.0560. The van der Waals surface area contributed by atoms with E-state index in [-0.39, 0.29) is 28.2 Å². The van der Waals surface area contributed by atoms with Gasteiger partial charge in [-0.2, -0.15) is 0 Å². The number of carbonyl (C=O) groups is 1. The van der Waals surface area contributed by atoms with Gasteiger partial charge in [0.1, 0.15) is 0 Å². The highest BCUT2D eigenvalue weighted by Crippen LogP contribution is 2.15. The van der Waals surface area contributed by atoms with Crippen LogP contribution in [-0.4, -0.2) is 17.4 Å². The predicted octanol–water partition coefficient (Wildman–Crippen LogP) is 0.949. The molecular formula is C7H7ClN2O2S. The molecule has 1 aromatic rings. The van der Waals surface area contributed by atoms with Crippen molar-refractivity contribution in [2.45, 2.75) is 0 Å². The molecule has 1 aromatic heterocycles.